The minimum absolute atomic E-state index is 0.0621. The molecule has 0 aliphatic carbocycles. The highest BCUT2D eigenvalue weighted by Crippen LogP contribution is 2.29. The number of aryl methyl sites for hydroxylation is 1. The van der Waals surface area contributed by atoms with Gasteiger partial charge in [-0.1, -0.05) is 41.9 Å². The minimum Gasteiger partial charge on any atom is -0.466 e. The number of hydrogen-bond donors (Lipinski definition) is 1. The van der Waals surface area contributed by atoms with E-state index in [0.29, 0.717) is 11.6 Å². The number of anilines is 1. The van der Waals surface area contributed by atoms with Crippen molar-refractivity contribution in [3.05, 3.63) is 65.2 Å². The van der Waals surface area contributed by atoms with E-state index in [1.165, 1.54) is 5.56 Å². The van der Waals surface area contributed by atoms with Gasteiger partial charge in [0.1, 0.15) is 0 Å². The third kappa shape index (κ3) is 5.50. The molecule has 4 heteroatoms. The molecule has 0 radical (unpaired) electrons. The van der Waals surface area contributed by atoms with Crippen LogP contribution in [0.1, 0.15) is 32.8 Å². The number of nitrogens with one attached hydrogen (secondary N) is 1. The number of carbonyl (C=O) groups excluding carboxylic acids is 1. The van der Waals surface area contributed by atoms with Crippen LogP contribution in [0.15, 0.2) is 54.6 Å². The Bertz CT molecular complexity index is 668. The molecule has 0 aliphatic heterocycles. The number of rotatable bonds is 8. The molecule has 0 bridgehead atoms. The number of benzene rings is 2. The van der Waals surface area contributed by atoms with Crippen LogP contribution in [0.5, 0.6) is 0 Å². The summed E-state index contributed by atoms with van der Waals surface area (Å²) in [6.07, 6.45) is 1.70. The summed E-state index contributed by atoms with van der Waals surface area (Å²) in [5, 5.41) is 4.19. The average molecular weight is 360 g/mol. The van der Waals surface area contributed by atoms with Gasteiger partial charge in [-0.2, -0.15) is 0 Å². The maximum atomic E-state index is 12.5. The lowest BCUT2D eigenvalue weighted by atomic mass is 9.81. The number of esters is 1. The van der Waals surface area contributed by atoms with Gasteiger partial charge in [0.05, 0.1) is 12.0 Å². The van der Waals surface area contributed by atoms with Crippen LogP contribution in [0.2, 0.25) is 5.02 Å². The molecule has 2 aromatic carbocycles. The minimum atomic E-state index is -0.648. The van der Waals surface area contributed by atoms with Gasteiger partial charge in [0.25, 0.3) is 0 Å². The Morgan fingerprint density at radius 3 is 2.36 bits per heavy atom. The first-order chi connectivity index (χ1) is 11.9. The number of hydrogen-bond acceptors (Lipinski definition) is 3. The molecule has 0 amide bonds. The molecule has 0 saturated carbocycles. The van der Waals surface area contributed by atoms with Gasteiger partial charge in [0.15, 0.2) is 0 Å². The van der Waals surface area contributed by atoms with Gasteiger partial charge in [-0.3, -0.25) is 4.79 Å². The molecule has 3 nitrogen and oxygen atoms in total. The van der Waals surface area contributed by atoms with Crippen molar-refractivity contribution in [1.82, 2.24) is 0 Å². The summed E-state index contributed by atoms with van der Waals surface area (Å²) >= 11 is 5.97. The van der Waals surface area contributed by atoms with Crippen LogP contribution >= 0.6 is 11.6 Å². The van der Waals surface area contributed by atoms with Crippen LogP contribution in [0.4, 0.5) is 5.69 Å². The average Bonchev–Trinajstić information content (AvgIpc) is 2.61. The quantitative estimate of drug-likeness (QED) is 0.646. The van der Waals surface area contributed by atoms with E-state index in [-0.39, 0.29) is 12.0 Å². The van der Waals surface area contributed by atoms with Crippen molar-refractivity contribution in [2.75, 3.05) is 11.9 Å². The first-order valence-corrected chi connectivity index (χ1v) is 9.04. The van der Waals surface area contributed by atoms with E-state index in [1.807, 2.05) is 63.2 Å². The molecule has 1 unspecified atom stereocenters. The van der Waals surface area contributed by atoms with Gasteiger partial charge < -0.3 is 10.1 Å². The van der Waals surface area contributed by atoms with Crippen molar-refractivity contribution >= 4 is 23.3 Å². The fourth-order valence-electron chi connectivity index (χ4n) is 2.78. The van der Waals surface area contributed by atoms with Crippen LogP contribution in [0.3, 0.4) is 0 Å². The predicted octanol–water partition coefficient (Wildman–Crippen LogP) is 5.34. The van der Waals surface area contributed by atoms with Crippen molar-refractivity contribution in [2.45, 2.75) is 39.7 Å². The fourth-order valence-corrected chi connectivity index (χ4v) is 2.90. The van der Waals surface area contributed by atoms with Gasteiger partial charge >= 0.3 is 5.97 Å². The zero-order valence-corrected chi connectivity index (χ0v) is 15.8. The molecule has 1 N–H and O–H groups in total. The standard InChI is InChI=1S/C21H26ClNO2/c1-4-25-20(24)21(2,3)19(15-10-16-8-6-5-7-9-16)23-18-13-11-17(22)12-14-18/h5-9,11-14,19,23H,4,10,15H2,1-3H3. The van der Waals surface area contributed by atoms with Crippen LogP contribution in [-0.4, -0.2) is 18.6 Å². The van der Waals surface area contributed by atoms with Gasteiger partial charge in [0, 0.05) is 16.8 Å². The van der Waals surface area contributed by atoms with Crippen molar-refractivity contribution in [3.8, 4) is 0 Å². The monoisotopic (exact) mass is 359 g/mol. The van der Waals surface area contributed by atoms with Crippen molar-refractivity contribution in [2.24, 2.45) is 5.41 Å². The zero-order chi connectivity index (χ0) is 18.3. The Morgan fingerprint density at radius 2 is 1.76 bits per heavy atom. The van der Waals surface area contributed by atoms with E-state index < -0.39 is 5.41 Å². The second-order valence-electron chi connectivity index (χ2n) is 6.67. The Labute approximate surface area is 155 Å². The Kier molecular flexibility index (Phi) is 6.89. The van der Waals surface area contributed by atoms with Gasteiger partial charge in [-0.15, -0.1) is 0 Å². The molecule has 2 aromatic rings. The summed E-state index contributed by atoms with van der Waals surface area (Å²) in [5.74, 6) is -0.186. The van der Waals surface area contributed by atoms with Gasteiger partial charge in [0.2, 0.25) is 0 Å². The maximum absolute atomic E-state index is 12.5. The largest absolute Gasteiger partial charge is 0.466 e. The van der Waals surface area contributed by atoms with E-state index in [9.17, 15) is 4.79 Å². The first-order valence-electron chi connectivity index (χ1n) is 8.66. The molecule has 0 fully saturated rings. The molecule has 1 atom stereocenters. The maximum Gasteiger partial charge on any atom is 0.313 e. The topological polar surface area (TPSA) is 38.3 Å². The molecule has 0 aliphatic rings. The summed E-state index contributed by atoms with van der Waals surface area (Å²) in [6, 6.07) is 17.8. The Hall–Kier alpha value is -2.00. The summed E-state index contributed by atoms with van der Waals surface area (Å²) in [7, 11) is 0. The van der Waals surface area contributed by atoms with Crippen molar-refractivity contribution < 1.29 is 9.53 Å². The van der Waals surface area contributed by atoms with Crippen LogP contribution in [0, 0.1) is 5.41 Å². The lowest BCUT2D eigenvalue weighted by Gasteiger charge is -2.33. The second-order valence-corrected chi connectivity index (χ2v) is 7.11. The molecular formula is C21H26ClNO2. The lowest BCUT2D eigenvalue weighted by Crippen LogP contribution is -2.43. The SMILES string of the molecule is CCOC(=O)C(C)(C)C(CCc1ccccc1)Nc1ccc(Cl)cc1. The van der Waals surface area contributed by atoms with E-state index in [1.54, 1.807) is 0 Å². The predicted molar refractivity (Wildman–Crippen MR) is 104 cm³/mol. The van der Waals surface area contributed by atoms with Gasteiger partial charge in [-0.05, 0) is 63.4 Å². The first kappa shape index (κ1) is 19.3. The second kappa shape index (κ2) is 8.91. The highest BCUT2D eigenvalue weighted by atomic mass is 35.5. The summed E-state index contributed by atoms with van der Waals surface area (Å²) in [6.45, 7) is 6.08. The van der Waals surface area contributed by atoms with E-state index in [4.69, 9.17) is 16.3 Å². The zero-order valence-electron chi connectivity index (χ0n) is 15.1. The van der Waals surface area contributed by atoms with Crippen LogP contribution in [-0.2, 0) is 16.0 Å². The molecular weight excluding hydrogens is 334 g/mol. The number of halogens is 1. The number of ether oxygens (including phenoxy) is 1. The normalized spacial score (nSPS) is 12.5. The number of carbonyl (C=O) groups is 1. The third-order valence-electron chi connectivity index (χ3n) is 4.42. The Balaban J connectivity index is 2.17. The summed E-state index contributed by atoms with van der Waals surface area (Å²) in [4.78, 5) is 12.5. The molecule has 2 rings (SSSR count). The molecule has 134 valence electrons. The van der Waals surface area contributed by atoms with Crippen LogP contribution < -0.4 is 5.32 Å². The summed E-state index contributed by atoms with van der Waals surface area (Å²) < 4.78 is 5.30. The highest BCUT2D eigenvalue weighted by molar-refractivity contribution is 6.30. The van der Waals surface area contributed by atoms with E-state index in [2.05, 4.69) is 17.4 Å². The molecule has 25 heavy (non-hydrogen) atoms. The van der Waals surface area contributed by atoms with Crippen LogP contribution in [0.25, 0.3) is 0 Å². The summed E-state index contributed by atoms with van der Waals surface area (Å²) in [5.41, 5.74) is 1.55. The van der Waals surface area contributed by atoms with Crippen molar-refractivity contribution in [3.63, 3.8) is 0 Å². The van der Waals surface area contributed by atoms with E-state index >= 15 is 0 Å². The smallest absolute Gasteiger partial charge is 0.313 e. The fraction of sp³-hybridized carbons (Fsp3) is 0.381. The lowest BCUT2D eigenvalue weighted by molar-refractivity contribution is -0.154. The Morgan fingerprint density at radius 1 is 1.12 bits per heavy atom. The third-order valence-corrected chi connectivity index (χ3v) is 4.67. The molecule has 0 aromatic heterocycles. The molecule has 0 spiro atoms. The molecule has 0 heterocycles. The highest BCUT2D eigenvalue weighted by Gasteiger charge is 2.38. The molecule has 0 saturated heterocycles. The van der Waals surface area contributed by atoms with Gasteiger partial charge in [-0.25, -0.2) is 0 Å². The van der Waals surface area contributed by atoms with Crippen molar-refractivity contribution in [1.29, 1.82) is 0 Å². The van der Waals surface area contributed by atoms with E-state index in [0.717, 1.165) is 18.5 Å².